The molecule has 0 spiro atoms. The van der Waals surface area contributed by atoms with E-state index >= 15 is 0 Å². The van der Waals surface area contributed by atoms with Gasteiger partial charge in [0.15, 0.2) is 5.11 Å². The van der Waals surface area contributed by atoms with Gasteiger partial charge in [-0.2, -0.15) is 4.98 Å². The molecule has 2 aromatic rings. The number of rotatable bonds is 5. The van der Waals surface area contributed by atoms with Crippen molar-refractivity contribution in [2.75, 3.05) is 43.1 Å². The van der Waals surface area contributed by atoms with Crippen LogP contribution in [-0.4, -0.2) is 47.9 Å². The van der Waals surface area contributed by atoms with Gasteiger partial charge >= 0.3 is 0 Å². The molecule has 0 bridgehead atoms. The second kappa shape index (κ2) is 10.5. The number of halogens is 1. The minimum Gasteiger partial charge on any atom is -0.381 e. The van der Waals surface area contributed by atoms with Gasteiger partial charge in [0.05, 0.1) is 0 Å². The van der Waals surface area contributed by atoms with E-state index in [9.17, 15) is 0 Å². The molecule has 6 nitrogen and oxygen atoms in total. The van der Waals surface area contributed by atoms with Crippen LogP contribution in [0.3, 0.4) is 0 Å². The molecule has 2 saturated heterocycles. The lowest BCUT2D eigenvalue weighted by Crippen LogP contribution is -2.45. The number of hydrogen-bond acceptors (Lipinski definition) is 5. The first-order chi connectivity index (χ1) is 15.8. The molecule has 2 aliphatic heterocycles. The average molecular weight is 488 g/mol. The van der Waals surface area contributed by atoms with Gasteiger partial charge in [-0.15, -0.1) is 0 Å². The Bertz CT molecular complexity index is 971. The monoisotopic (exact) mass is 487 g/mol. The van der Waals surface area contributed by atoms with Crippen molar-refractivity contribution in [3.05, 3.63) is 46.6 Å². The summed E-state index contributed by atoms with van der Waals surface area (Å²) in [5.41, 5.74) is 2.07. The van der Waals surface area contributed by atoms with Crippen molar-refractivity contribution in [2.24, 2.45) is 11.8 Å². The van der Waals surface area contributed by atoms with Crippen molar-refractivity contribution in [3.8, 4) is 0 Å². The lowest BCUT2D eigenvalue weighted by molar-refractivity contribution is 0.0515. The van der Waals surface area contributed by atoms with Crippen LogP contribution in [0.2, 0.25) is 5.02 Å². The van der Waals surface area contributed by atoms with Crippen molar-refractivity contribution in [2.45, 2.75) is 45.4 Å². The summed E-state index contributed by atoms with van der Waals surface area (Å²) in [4.78, 5) is 11.7. The summed E-state index contributed by atoms with van der Waals surface area (Å²) in [7, 11) is 0. The summed E-state index contributed by atoms with van der Waals surface area (Å²) in [5, 5.41) is 7.92. The number of benzene rings is 1. The van der Waals surface area contributed by atoms with Crippen LogP contribution in [0.4, 0.5) is 11.8 Å². The van der Waals surface area contributed by atoms with E-state index in [4.69, 9.17) is 33.5 Å². The van der Waals surface area contributed by atoms with Gasteiger partial charge < -0.3 is 20.3 Å². The topological polar surface area (TPSA) is 62.3 Å². The highest BCUT2D eigenvalue weighted by Crippen LogP contribution is 2.35. The summed E-state index contributed by atoms with van der Waals surface area (Å²) in [6.07, 6.45) is 3.10. The number of nitrogens with zero attached hydrogens (tertiary/aromatic N) is 3. The summed E-state index contributed by atoms with van der Waals surface area (Å²) in [5.74, 6) is 2.82. The van der Waals surface area contributed by atoms with Gasteiger partial charge in [-0.1, -0.05) is 37.6 Å². The van der Waals surface area contributed by atoms with Crippen LogP contribution in [0.5, 0.6) is 0 Å². The fourth-order valence-electron chi connectivity index (χ4n) is 5.16. The Morgan fingerprint density at radius 3 is 2.61 bits per heavy atom. The number of thiocarbonyl (C=S) groups is 1. The van der Waals surface area contributed by atoms with E-state index in [-0.39, 0.29) is 5.41 Å². The standard InChI is InChI=1S/C25H34ClN5OS/c1-17-11-18(2)15-31(14-17)22-12-19(3)28-23(29-22)30-24(33)27-16-25(7-9-32-10-8-25)20-5-4-6-21(26)13-20/h4-6,12-13,17-18H,7-11,14-16H2,1-3H3,(H2,27,28,29,30,33)/t17-,18-/m0/s1. The lowest BCUT2D eigenvalue weighted by atomic mass is 9.74. The SMILES string of the molecule is Cc1cc(N2C[C@@H](C)C[C@H](C)C2)nc(NC(=S)NCC2(c3cccc(Cl)c3)CCOCC2)n1. The van der Waals surface area contributed by atoms with Crippen LogP contribution in [-0.2, 0) is 10.2 Å². The molecule has 1 aromatic heterocycles. The average Bonchev–Trinajstić information content (AvgIpc) is 2.77. The fraction of sp³-hybridized carbons (Fsp3) is 0.560. The number of anilines is 2. The number of piperidine rings is 1. The molecule has 0 amide bonds. The maximum absolute atomic E-state index is 6.30. The second-order valence-electron chi connectivity index (χ2n) is 9.75. The van der Waals surface area contributed by atoms with Crippen LogP contribution in [0.15, 0.2) is 30.3 Å². The third kappa shape index (κ3) is 6.14. The third-order valence-electron chi connectivity index (χ3n) is 6.73. The van der Waals surface area contributed by atoms with Crippen molar-refractivity contribution in [3.63, 3.8) is 0 Å². The predicted molar refractivity (Wildman–Crippen MR) is 139 cm³/mol. The molecule has 2 atom stereocenters. The molecule has 0 radical (unpaired) electrons. The van der Waals surface area contributed by atoms with Crippen LogP contribution in [0, 0.1) is 18.8 Å². The van der Waals surface area contributed by atoms with Gasteiger partial charge in [0.1, 0.15) is 5.82 Å². The minimum absolute atomic E-state index is 0.0758. The van der Waals surface area contributed by atoms with E-state index in [2.05, 4.69) is 52.6 Å². The molecular formula is C25H34ClN5OS. The van der Waals surface area contributed by atoms with Crippen LogP contribution in [0.1, 0.15) is 44.4 Å². The number of hydrogen-bond donors (Lipinski definition) is 2. The summed E-state index contributed by atoms with van der Waals surface area (Å²) >= 11 is 11.9. The number of aryl methyl sites for hydroxylation is 1. The highest BCUT2D eigenvalue weighted by molar-refractivity contribution is 7.80. The van der Waals surface area contributed by atoms with E-state index in [1.807, 2.05) is 19.1 Å². The fourth-order valence-corrected chi connectivity index (χ4v) is 5.52. The van der Waals surface area contributed by atoms with Crippen molar-refractivity contribution in [1.29, 1.82) is 0 Å². The second-order valence-corrected chi connectivity index (χ2v) is 10.6. The van der Waals surface area contributed by atoms with Crippen LogP contribution >= 0.6 is 23.8 Å². The van der Waals surface area contributed by atoms with Gasteiger partial charge in [-0.3, -0.25) is 0 Å². The molecule has 0 aliphatic carbocycles. The lowest BCUT2D eigenvalue weighted by Gasteiger charge is -2.38. The first kappa shape index (κ1) is 24.2. The first-order valence-electron chi connectivity index (χ1n) is 11.8. The van der Waals surface area contributed by atoms with Crippen molar-refractivity contribution in [1.82, 2.24) is 15.3 Å². The third-order valence-corrected chi connectivity index (χ3v) is 7.21. The Balaban J connectivity index is 1.44. The first-order valence-corrected chi connectivity index (χ1v) is 12.6. The molecule has 2 fully saturated rings. The van der Waals surface area contributed by atoms with Gasteiger partial charge in [-0.25, -0.2) is 4.98 Å². The molecule has 1 aromatic carbocycles. The minimum atomic E-state index is -0.0758. The van der Waals surface area contributed by atoms with Crippen molar-refractivity contribution >= 4 is 40.7 Å². The van der Waals surface area contributed by atoms with E-state index in [0.717, 1.165) is 55.7 Å². The Morgan fingerprint density at radius 2 is 1.91 bits per heavy atom. The summed E-state index contributed by atoms with van der Waals surface area (Å²) in [6.45, 7) is 10.8. The van der Waals surface area contributed by atoms with Crippen LogP contribution in [0.25, 0.3) is 0 Å². The van der Waals surface area contributed by atoms with E-state index in [0.29, 0.717) is 29.4 Å². The van der Waals surface area contributed by atoms with Crippen LogP contribution < -0.4 is 15.5 Å². The molecule has 8 heteroatoms. The smallest absolute Gasteiger partial charge is 0.231 e. The molecule has 33 heavy (non-hydrogen) atoms. The molecule has 178 valence electrons. The number of aromatic nitrogens is 2. The van der Waals surface area contributed by atoms with E-state index < -0.39 is 0 Å². The molecule has 4 rings (SSSR count). The van der Waals surface area contributed by atoms with Gasteiger partial charge in [0, 0.05) is 55.0 Å². The molecule has 0 saturated carbocycles. The highest BCUT2D eigenvalue weighted by atomic mass is 35.5. The Morgan fingerprint density at radius 1 is 1.18 bits per heavy atom. The van der Waals surface area contributed by atoms with Gasteiger partial charge in [-0.05, 0) is 67.9 Å². The zero-order valence-electron chi connectivity index (χ0n) is 19.7. The molecule has 2 N–H and O–H groups in total. The molecular weight excluding hydrogens is 454 g/mol. The molecule has 2 aliphatic rings. The maximum Gasteiger partial charge on any atom is 0.231 e. The molecule has 0 unspecified atom stereocenters. The zero-order chi connectivity index (χ0) is 23.4. The summed E-state index contributed by atoms with van der Waals surface area (Å²) in [6, 6.07) is 10.2. The van der Waals surface area contributed by atoms with E-state index in [1.54, 1.807) is 0 Å². The zero-order valence-corrected chi connectivity index (χ0v) is 21.3. The summed E-state index contributed by atoms with van der Waals surface area (Å²) < 4.78 is 5.64. The maximum atomic E-state index is 6.30. The quantitative estimate of drug-likeness (QED) is 0.578. The number of nitrogens with one attached hydrogen (secondary N) is 2. The highest BCUT2D eigenvalue weighted by Gasteiger charge is 2.35. The molecule has 3 heterocycles. The van der Waals surface area contributed by atoms with E-state index in [1.165, 1.54) is 12.0 Å². The normalized spacial score (nSPS) is 22.6. The number of ether oxygens (including phenoxy) is 1. The predicted octanol–water partition coefficient (Wildman–Crippen LogP) is 4.96. The van der Waals surface area contributed by atoms with Crippen molar-refractivity contribution < 1.29 is 4.74 Å². The Kier molecular flexibility index (Phi) is 7.72. The van der Waals surface area contributed by atoms with Gasteiger partial charge in [0.2, 0.25) is 5.95 Å². The Hall–Kier alpha value is -1.96. The Labute approximate surface area is 207 Å². The largest absolute Gasteiger partial charge is 0.381 e. The van der Waals surface area contributed by atoms with Gasteiger partial charge in [0.25, 0.3) is 0 Å².